The highest BCUT2D eigenvalue weighted by Gasteiger charge is 2.23. The summed E-state index contributed by atoms with van der Waals surface area (Å²) in [6, 6.07) is 11.7. The minimum atomic E-state index is 0.481. The summed E-state index contributed by atoms with van der Waals surface area (Å²) in [6.07, 6.45) is 2.54. The summed E-state index contributed by atoms with van der Waals surface area (Å²) < 4.78 is 0. The van der Waals surface area contributed by atoms with Gasteiger partial charge in [-0.15, -0.1) is 0 Å². The quantitative estimate of drug-likeness (QED) is 0.741. The van der Waals surface area contributed by atoms with Crippen molar-refractivity contribution < 1.29 is 0 Å². The maximum atomic E-state index is 3.57. The number of likely N-dealkylation sites (N-methyl/N-ethyl adjacent to an activating group) is 1. The Morgan fingerprint density at radius 2 is 2.07 bits per heavy atom. The van der Waals surface area contributed by atoms with Crippen LogP contribution in [0, 0.1) is 0 Å². The van der Waals surface area contributed by atoms with Crippen LogP contribution in [0.15, 0.2) is 30.3 Å². The van der Waals surface area contributed by atoms with Crippen LogP contribution in [0.4, 0.5) is 0 Å². The normalized spacial score (nSPS) is 27.5. The SMILES string of the molecule is CNC1CCCNC1c1ccccc1. The molecule has 1 aromatic rings. The number of hydrogen-bond donors (Lipinski definition) is 2. The van der Waals surface area contributed by atoms with Gasteiger partial charge in [-0.1, -0.05) is 30.3 Å². The average Bonchev–Trinajstić information content (AvgIpc) is 2.30. The summed E-state index contributed by atoms with van der Waals surface area (Å²) in [4.78, 5) is 0. The van der Waals surface area contributed by atoms with Crippen LogP contribution in [0.2, 0.25) is 0 Å². The van der Waals surface area contributed by atoms with Gasteiger partial charge in [-0.3, -0.25) is 0 Å². The van der Waals surface area contributed by atoms with Crippen molar-refractivity contribution in [2.24, 2.45) is 0 Å². The van der Waals surface area contributed by atoms with E-state index in [4.69, 9.17) is 0 Å². The second-order valence-corrected chi connectivity index (χ2v) is 3.88. The summed E-state index contributed by atoms with van der Waals surface area (Å²) in [5.74, 6) is 0. The fraction of sp³-hybridized carbons (Fsp3) is 0.500. The van der Waals surface area contributed by atoms with E-state index in [9.17, 15) is 0 Å². The first-order valence-corrected chi connectivity index (χ1v) is 5.37. The van der Waals surface area contributed by atoms with E-state index in [1.165, 1.54) is 18.4 Å². The molecule has 0 amide bonds. The van der Waals surface area contributed by atoms with E-state index in [1.807, 2.05) is 7.05 Å². The Balaban J connectivity index is 2.15. The molecule has 2 rings (SSSR count). The molecule has 0 radical (unpaired) electrons. The van der Waals surface area contributed by atoms with Crippen LogP contribution in [-0.4, -0.2) is 19.6 Å². The van der Waals surface area contributed by atoms with E-state index in [0.717, 1.165) is 6.54 Å². The third-order valence-corrected chi connectivity index (χ3v) is 2.99. The fourth-order valence-electron chi connectivity index (χ4n) is 2.21. The van der Waals surface area contributed by atoms with E-state index in [2.05, 4.69) is 41.0 Å². The van der Waals surface area contributed by atoms with Crippen LogP contribution in [0.5, 0.6) is 0 Å². The van der Waals surface area contributed by atoms with Gasteiger partial charge in [-0.05, 0) is 32.0 Å². The molecule has 14 heavy (non-hydrogen) atoms. The molecule has 1 aliphatic heterocycles. The molecule has 0 spiro atoms. The Kier molecular flexibility index (Phi) is 3.17. The molecule has 2 nitrogen and oxygen atoms in total. The van der Waals surface area contributed by atoms with Crippen molar-refractivity contribution in [1.82, 2.24) is 10.6 Å². The number of nitrogens with one attached hydrogen (secondary N) is 2. The zero-order valence-corrected chi connectivity index (χ0v) is 8.66. The zero-order chi connectivity index (χ0) is 9.80. The topological polar surface area (TPSA) is 24.1 Å². The Bertz CT molecular complexity index is 271. The molecule has 1 fully saturated rings. The van der Waals surface area contributed by atoms with Gasteiger partial charge < -0.3 is 10.6 Å². The molecule has 0 saturated carbocycles. The summed E-state index contributed by atoms with van der Waals surface area (Å²) >= 11 is 0. The lowest BCUT2D eigenvalue weighted by atomic mass is 9.92. The van der Waals surface area contributed by atoms with Gasteiger partial charge in [0.2, 0.25) is 0 Å². The van der Waals surface area contributed by atoms with Crippen molar-refractivity contribution in [3.05, 3.63) is 35.9 Å². The van der Waals surface area contributed by atoms with Crippen molar-refractivity contribution >= 4 is 0 Å². The highest BCUT2D eigenvalue weighted by molar-refractivity contribution is 5.21. The first-order valence-electron chi connectivity index (χ1n) is 5.37. The third-order valence-electron chi connectivity index (χ3n) is 2.99. The summed E-state index contributed by atoms with van der Waals surface area (Å²) in [7, 11) is 2.05. The lowest BCUT2D eigenvalue weighted by molar-refractivity contribution is 0.321. The van der Waals surface area contributed by atoms with Crippen molar-refractivity contribution in [3.8, 4) is 0 Å². The second kappa shape index (κ2) is 4.58. The van der Waals surface area contributed by atoms with Gasteiger partial charge in [0, 0.05) is 12.1 Å². The third kappa shape index (κ3) is 1.97. The van der Waals surface area contributed by atoms with E-state index >= 15 is 0 Å². The molecule has 2 unspecified atom stereocenters. The van der Waals surface area contributed by atoms with Crippen LogP contribution in [0.3, 0.4) is 0 Å². The Morgan fingerprint density at radius 1 is 1.29 bits per heavy atom. The number of benzene rings is 1. The molecular weight excluding hydrogens is 172 g/mol. The van der Waals surface area contributed by atoms with Gasteiger partial charge >= 0.3 is 0 Å². The van der Waals surface area contributed by atoms with Crippen LogP contribution in [-0.2, 0) is 0 Å². The highest BCUT2D eigenvalue weighted by atomic mass is 15.0. The molecule has 76 valence electrons. The van der Waals surface area contributed by atoms with Crippen molar-refractivity contribution in [2.75, 3.05) is 13.6 Å². The molecule has 0 bridgehead atoms. The lowest BCUT2D eigenvalue weighted by Crippen LogP contribution is -2.44. The number of hydrogen-bond acceptors (Lipinski definition) is 2. The van der Waals surface area contributed by atoms with Gasteiger partial charge in [0.05, 0.1) is 0 Å². The van der Waals surface area contributed by atoms with Crippen LogP contribution in [0.25, 0.3) is 0 Å². The molecule has 1 saturated heterocycles. The van der Waals surface area contributed by atoms with Crippen LogP contribution in [0.1, 0.15) is 24.4 Å². The molecule has 0 aliphatic carbocycles. The van der Waals surface area contributed by atoms with Crippen LogP contribution < -0.4 is 10.6 Å². The predicted octanol–water partition coefficient (Wildman–Crippen LogP) is 1.70. The first kappa shape index (κ1) is 9.69. The summed E-state index contributed by atoms with van der Waals surface area (Å²) in [5, 5.41) is 6.96. The molecule has 1 aromatic carbocycles. The van der Waals surface area contributed by atoms with Gasteiger partial charge in [-0.25, -0.2) is 0 Å². The summed E-state index contributed by atoms with van der Waals surface area (Å²) in [5.41, 5.74) is 1.39. The second-order valence-electron chi connectivity index (χ2n) is 3.88. The molecule has 1 aliphatic rings. The minimum Gasteiger partial charge on any atom is -0.315 e. The predicted molar refractivity (Wildman–Crippen MR) is 59.3 cm³/mol. The number of rotatable bonds is 2. The summed E-state index contributed by atoms with van der Waals surface area (Å²) in [6.45, 7) is 1.14. The fourth-order valence-corrected chi connectivity index (χ4v) is 2.21. The van der Waals surface area contributed by atoms with E-state index < -0.39 is 0 Å². The maximum absolute atomic E-state index is 3.57. The molecule has 1 heterocycles. The highest BCUT2D eigenvalue weighted by Crippen LogP contribution is 2.22. The molecular formula is C12H18N2. The lowest BCUT2D eigenvalue weighted by Gasteiger charge is -2.32. The van der Waals surface area contributed by atoms with Gasteiger partial charge in [0.15, 0.2) is 0 Å². The maximum Gasteiger partial charge on any atom is 0.0475 e. The standard InChI is InChI=1S/C12H18N2/c1-13-11-8-5-9-14-12(11)10-6-3-2-4-7-10/h2-4,6-7,11-14H,5,8-9H2,1H3. The van der Waals surface area contributed by atoms with E-state index in [0.29, 0.717) is 12.1 Å². The first-order chi connectivity index (χ1) is 6.92. The largest absolute Gasteiger partial charge is 0.315 e. The van der Waals surface area contributed by atoms with Gasteiger partial charge in [-0.2, -0.15) is 0 Å². The zero-order valence-electron chi connectivity index (χ0n) is 8.66. The van der Waals surface area contributed by atoms with E-state index in [1.54, 1.807) is 0 Å². The number of piperidine rings is 1. The monoisotopic (exact) mass is 190 g/mol. The van der Waals surface area contributed by atoms with Gasteiger partial charge in [0.25, 0.3) is 0 Å². The Morgan fingerprint density at radius 3 is 2.79 bits per heavy atom. The molecule has 2 atom stereocenters. The molecule has 0 aromatic heterocycles. The Hall–Kier alpha value is -0.860. The minimum absolute atomic E-state index is 0.481. The van der Waals surface area contributed by atoms with Crippen LogP contribution >= 0.6 is 0 Å². The smallest absolute Gasteiger partial charge is 0.0475 e. The molecule has 2 heteroatoms. The Labute approximate surface area is 85.7 Å². The van der Waals surface area contributed by atoms with Crippen molar-refractivity contribution in [2.45, 2.75) is 24.9 Å². The van der Waals surface area contributed by atoms with Crippen molar-refractivity contribution in [1.29, 1.82) is 0 Å². The van der Waals surface area contributed by atoms with Crippen molar-refractivity contribution in [3.63, 3.8) is 0 Å². The average molecular weight is 190 g/mol. The van der Waals surface area contributed by atoms with Gasteiger partial charge in [0.1, 0.15) is 0 Å². The molecule has 2 N–H and O–H groups in total. The van der Waals surface area contributed by atoms with E-state index in [-0.39, 0.29) is 0 Å².